The molecule has 1 N–H and O–H groups in total. The van der Waals surface area contributed by atoms with Crippen LogP contribution in [0, 0.1) is 43.9 Å². The smallest absolute Gasteiger partial charge is 0.232 e. The van der Waals surface area contributed by atoms with E-state index in [2.05, 4.69) is 44.3 Å². The van der Waals surface area contributed by atoms with Crippen LogP contribution in [0.5, 0.6) is 0 Å². The number of hydrogen-bond donors (Lipinski definition) is 1. The number of nitrogens with one attached hydrogen (secondary N) is 1. The lowest BCUT2D eigenvalue weighted by Crippen LogP contribution is -2.51. The number of benzene rings is 1. The lowest BCUT2D eigenvalue weighted by atomic mass is 9.49. The zero-order valence-electron chi connectivity index (χ0n) is 16.5. The first kappa shape index (κ1) is 17.4. The van der Waals surface area contributed by atoms with Crippen molar-refractivity contribution in [2.75, 3.05) is 5.32 Å². The first-order chi connectivity index (χ1) is 12.9. The fourth-order valence-corrected chi connectivity index (χ4v) is 7.06. The van der Waals surface area contributed by atoms with Crippen molar-refractivity contribution >= 4 is 22.4 Å². The fourth-order valence-electron chi connectivity index (χ4n) is 6.22. The summed E-state index contributed by atoms with van der Waals surface area (Å²) in [6.45, 7) is 6.36. The van der Waals surface area contributed by atoms with Crippen LogP contribution in [-0.2, 0) is 4.79 Å². The molecule has 4 saturated carbocycles. The van der Waals surface area contributed by atoms with E-state index in [0.29, 0.717) is 0 Å². The first-order valence-electron chi connectivity index (χ1n) is 10.3. The van der Waals surface area contributed by atoms with E-state index in [1.807, 2.05) is 0 Å². The third-order valence-electron chi connectivity index (χ3n) is 7.32. The van der Waals surface area contributed by atoms with Crippen molar-refractivity contribution in [3.8, 4) is 11.3 Å². The Morgan fingerprint density at radius 3 is 2.26 bits per heavy atom. The number of amides is 1. The van der Waals surface area contributed by atoms with Crippen molar-refractivity contribution in [3.63, 3.8) is 0 Å². The van der Waals surface area contributed by atoms with Crippen LogP contribution in [0.25, 0.3) is 11.3 Å². The van der Waals surface area contributed by atoms with Crippen LogP contribution >= 0.6 is 11.3 Å². The van der Waals surface area contributed by atoms with Crippen molar-refractivity contribution in [3.05, 3.63) is 34.2 Å². The van der Waals surface area contributed by atoms with E-state index >= 15 is 0 Å². The summed E-state index contributed by atoms with van der Waals surface area (Å²) < 4.78 is 0. The highest BCUT2D eigenvalue weighted by Crippen LogP contribution is 2.60. The quantitative estimate of drug-likeness (QED) is 0.721. The third kappa shape index (κ3) is 2.93. The molecule has 0 aliphatic heterocycles. The number of rotatable bonds is 3. The predicted octanol–water partition coefficient (Wildman–Crippen LogP) is 5.89. The minimum Gasteiger partial charge on any atom is -0.301 e. The number of aryl methyl sites for hydroxylation is 3. The van der Waals surface area contributed by atoms with Crippen molar-refractivity contribution in [1.82, 2.24) is 4.98 Å². The molecule has 4 aliphatic rings. The zero-order chi connectivity index (χ0) is 18.8. The molecule has 2 aromatic rings. The Morgan fingerprint density at radius 2 is 1.67 bits per heavy atom. The second kappa shape index (κ2) is 6.16. The average molecular weight is 381 g/mol. The predicted molar refractivity (Wildman–Crippen MR) is 111 cm³/mol. The van der Waals surface area contributed by atoms with Crippen LogP contribution in [0.3, 0.4) is 0 Å². The van der Waals surface area contributed by atoms with Crippen LogP contribution in [0.15, 0.2) is 18.2 Å². The highest BCUT2D eigenvalue weighted by molar-refractivity contribution is 7.16. The molecule has 4 bridgehead atoms. The second-order valence-electron chi connectivity index (χ2n) is 9.37. The van der Waals surface area contributed by atoms with E-state index in [1.165, 1.54) is 35.3 Å². The van der Waals surface area contributed by atoms with Crippen LogP contribution in [-0.4, -0.2) is 10.9 Å². The van der Waals surface area contributed by atoms with E-state index < -0.39 is 0 Å². The van der Waals surface area contributed by atoms with Crippen molar-refractivity contribution < 1.29 is 4.79 Å². The van der Waals surface area contributed by atoms with Gasteiger partial charge in [-0.3, -0.25) is 4.79 Å². The van der Waals surface area contributed by atoms with Gasteiger partial charge in [-0.25, -0.2) is 4.98 Å². The largest absolute Gasteiger partial charge is 0.301 e. The molecule has 0 unspecified atom stereocenters. The highest BCUT2D eigenvalue weighted by Gasteiger charge is 2.54. The van der Waals surface area contributed by atoms with Gasteiger partial charge in [0.2, 0.25) is 5.91 Å². The Bertz CT molecular complexity index is 878. The van der Waals surface area contributed by atoms with Crippen LogP contribution < -0.4 is 5.32 Å². The monoisotopic (exact) mass is 380 g/mol. The van der Waals surface area contributed by atoms with Gasteiger partial charge < -0.3 is 5.32 Å². The number of thiazole rings is 1. The molecular formula is C23H28N2OS. The summed E-state index contributed by atoms with van der Waals surface area (Å²) >= 11 is 1.61. The summed E-state index contributed by atoms with van der Waals surface area (Å²) in [4.78, 5) is 19.2. The van der Waals surface area contributed by atoms with E-state index in [9.17, 15) is 4.79 Å². The molecule has 4 heteroatoms. The maximum atomic E-state index is 13.3. The van der Waals surface area contributed by atoms with Gasteiger partial charge in [0.25, 0.3) is 0 Å². The SMILES string of the molecule is Cc1ccc(-c2nc(NC(=O)C34CC5CC(CC(C5)C3)C4)sc2C)cc1C. The maximum absolute atomic E-state index is 13.3. The van der Waals surface area contributed by atoms with Gasteiger partial charge in [-0.2, -0.15) is 0 Å². The van der Waals surface area contributed by atoms with Crippen LogP contribution in [0.1, 0.15) is 54.5 Å². The zero-order valence-corrected chi connectivity index (χ0v) is 17.3. The summed E-state index contributed by atoms with van der Waals surface area (Å²) in [6.07, 6.45) is 7.37. The maximum Gasteiger partial charge on any atom is 0.232 e. The number of carbonyl (C=O) groups excluding carboxylic acids is 1. The first-order valence-corrected chi connectivity index (χ1v) is 11.1. The van der Waals surface area contributed by atoms with Crippen molar-refractivity contribution in [2.45, 2.75) is 59.3 Å². The molecule has 1 aromatic heterocycles. The van der Waals surface area contributed by atoms with Gasteiger partial charge in [-0.1, -0.05) is 12.1 Å². The van der Waals surface area contributed by atoms with E-state index in [0.717, 1.165) is 53.4 Å². The molecule has 4 fully saturated rings. The Morgan fingerprint density at radius 1 is 1.04 bits per heavy atom. The summed E-state index contributed by atoms with van der Waals surface area (Å²) in [7, 11) is 0. The summed E-state index contributed by atoms with van der Waals surface area (Å²) in [5, 5.41) is 3.99. The molecule has 1 amide bonds. The fraction of sp³-hybridized carbons (Fsp3) is 0.565. The molecule has 0 spiro atoms. The van der Waals surface area contributed by atoms with Gasteiger partial charge in [-0.05, 0) is 94.2 Å². The molecule has 0 atom stereocenters. The van der Waals surface area contributed by atoms with Gasteiger partial charge in [0.05, 0.1) is 11.1 Å². The number of anilines is 1. The minimum absolute atomic E-state index is 0.116. The molecule has 4 aliphatic carbocycles. The molecule has 142 valence electrons. The number of aromatic nitrogens is 1. The number of carbonyl (C=O) groups is 1. The van der Waals surface area contributed by atoms with E-state index in [-0.39, 0.29) is 11.3 Å². The summed E-state index contributed by atoms with van der Waals surface area (Å²) in [5.41, 5.74) is 4.60. The Balaban J connectivity index is 1.39. The topological polar surface area (TPSA) is 42.0 Å². The molecule has 1 heterocycles. The third-order valence-corrected chi connectivity index (χ3v) is 8.20. The molecule has 1 aromatic carbocycles. The highest BCUT2D eigenvalue weighted by atomic mass is 32.1. The molecular weight excluding hydrogens is 352 g/mol. The van der Waals surface area contributed by atoms with Gasteiger partial charge in [0, 0.05) is 10.4 Å². The van der Waals surface area contributed by atoms with Gasteiger partial charge in [0.15, 0.2) is 5.13 Å². The van der Waals surface area contributed by atoms with Crippen molar-refractivity contribution in [1.29, 1.82) is 0 Å². The molecule has 27 heavy (non-hydrogen) atoms. The number of nitrogens with zero attached hydrogens (tertiary/aromatic N) is 1. The Labute approximate surface area is 165 Å². The lowest BCUT2D eigenvalue weighted by molar-refractivity contribution is -0.140. The summed E-state index contributed by atoms with van der Waals surface area (Å²) in [6, 6.07) is 6.48. The standard InChI is InChI=1S/C23H28N2OS/c1-13-4-5-19(6-14(13)2)20-15(3)27-22(24-20)25-21(26)23-10-16-7-17(11-23)9-18(8-16)12-23/h4-6,16-18H,7-12H2,1-3H3,(H,24,25,26). The normalized spacial score (nSPS) is 31.3. The van der Waals surface area contributed by atoms with Crippen molar-refractivity contribution in [2.24, 2.45) is 23.2 Å². The Kier molecular flexibility index (Phi) is 3.98. The van der Waals surface area contributed by atoms with Crippen LogP contribution in [0.2, 0.25) is 0 Å². The van der Waals surface area contributed by atoms with Gasteiger partial charge >= 0.3 is 0 Å². The average Bonchev–Trinajstić information content (AvgIpc) is 2.96. The minimum atomic E-state index is -0.116. The summed E-state index contributed by atoms with van der Waals surface area (Å²) in [5.74, 6) is 2.59. The second-order valence-corrected chi connectivity index (χ2v) is 10.6. The molecule has 6 rings (SSSR count). The van der Waals surface area contributed by atoms with Gasteiger partial charge in [-0.15, -0.1) is 11.3 Å². The molecule has 3 nitrogen and oxygen atoms in total. The van der Waals surface area contributed by atoms with Crippen LogP contribution in [0.4, 0.5) is 5.13 Å². The molecule has 0 radical (unpaired) electrons. The Hall–Kier alpha value is -1.68. The van der Waals surface area contributed by atoms with E-state index in [4.69, 9.17) is 4.98 Å². The lowest BCUT2D eigenvalue weighted by Gasteiger charge is -2.55. The van der Waals surface area contributed by atoms with Gasteiger partial charge in [0.1, 0.15) is 0 Å². The molecule has 0 saturated heterocycles. The number of hydrogen-bond acceptors (Lipinski definition) is 3. The van der Waals surface area contributed by atoms with E-state index in [1.54, 1.807) is 11.3 Å².